The zero-order chi connectivity index (χ0) is 14.7. The highest BCUT2D eigenvalue weighted by Gasteiger charge is 2.08. The number of aryl methyl sites for hydroxylation is 1. The second-order valence-corrected chi connectivity index (χ2v) is 4.40. The van der Waals surface area contributed by atoms with Crippen molar-refractivity contribution in [2.24, 2.45) is 0 Å². The van der Waals surface area contributed by atoms with Crippen molar-refractivity contribution in [3.05, 3.63) is 53.1 Å². The smallest absolute Gasteiger partial charge is 0.167 e. The van der Waals surface area contributed by atoms with E-state index in [0.717, 1.165) is 5.56 Å². The number of hydrogen-bond acceptors (Lipinski definition) is 3. The second kappa shape index (κ2) is 5.77. The predicted octanol–water partition coefficient (Wildman–Crippen LogP) is 3.44. The molecule has 0 spiro atoms. The van der Waals surface area contributed by atoms with Gasteiger partial charge in [-0.3, -0.25) is 0 Å². The van der Waals surface area contributed by atoms with Crippen LogP contribution in [0.5, 0.6) is 11.5 Å². The van der Waals surface area contributed by atoms with Crippen LogP contribution in [0.3, 0.4) is 0 Å². The summed E-state index contributed by atoms with van der Waals surface area (Å²) >= 11 is 0. The maximum absolute atomic E-state index is 13.6. The van der Waals surface area contributed by atoms with E-state index < -0.39 is 11.6 Å². The number of methoxy groups -OCH3 is 1. The Balaban J connectivity index is 2.13. The molecule has 0 radical (unpaired) electrons. The Kier molecular flexibility index (Phi) is 4.08. The Morgan fingerprint density at radius 1 is 1.05 bits per heavy atom. The third-order valence-electron chi connectivity index (χ3n) is 2.93. The Morgan fingerprint density at radius 2 is 1.75 bits per heavy atom. The molecule has 2 aromatic carbocycles. The monoisotopic (exact) mass is 279 g/mol. The molecular formula is C15H15F2NO2. The quantitative estimate of drug-likeness (QED) is 0.872. The normalized spacial score (nSPS) is 10.4. The molecule has 0 bridgehead atoms. The van der Waals surface area contributed by atoms with Crippen LogP contribution in [-0.2, 0) is 6.61 Å². The number of nitrogens with two attached hydrogens (primary N) is 1. The molecule has 0 atom stereocenters. The Bertz CT molecular complexity index is 630. The number of nitrogen functional groups attached to an aromatic ring is 1. The molecule has 0 aromatic heterocycles. The Morgan fingerprint density at radius 3 is 2.40 bits per heavy atom. The van der Waals surface area contributed by atoms with E-state index in [2.05, 4.69) is 0 Å². The van der Waals surface area contributed by atoms with Gasteiger partial charge in [-0.15, -0.1) is 0 Å². The molecular weight excluding hydrogens is 264 g/mol. The van der Waals surface area contributed by atoms with E-state index in [9.17, 15) is 8.78 Å². The molecule has 0 heterocycles. The summed E-state index contributed by atoms with van der Waals surface area (Å²) in [5.74, 6) is -0.777. The standard InChI is InChI=1S/C15H15F2NO2/c1-9-5-15(12(17)7-13(9)18)20-8-10-3-4-14(19-2)11(16)6-10/h3-7H,8,18H2,1-2H3. The first-order valence-electron chi connectivity index (χ1n) is 6.02. The summed E-state index contributed by atoms with van der Waals surface area (Å²) in [7, 11) is 1.39. The topological polar surface area (TPSA) is 44.5 Å². The maximum atomic E-state index is 13.6. The molecule has 0 aliphatic rings. The van der Waals surface area contributed by atoms with Crippen molar-refractivity contribution in [2.75, 3.05) is 12.8 Å². The van der Waals surface area contributed by atoms with E-state index in [0.29, 0.717) is 11.3 Å². The number of anilines is 1. The number of hydrogen-bond donors (Lipinski definition) is 1. The van der Waals surface area contributed by atoms with Gasteiger partial charge in [0.1, 0.15) is 6.61 Å². The first-order chi connectivity index (χ1) is 9.51. The number of ether oxygens (including phenoxy) is 2. The van der Waals surface area contributed by atoms with Gasteiger partial charge in [0.05, 0.1) is 7.11 Å². The van der Waals surface area contributed by atoms with E-state index in [1.807, 2.05) is 0 Å². The third kappa shape index (κ3) is 2.99. The van der Waals surface area contributed by atoms with Crippen molar-refractivity contribution in [3.63, 3.8) is 0 Å². The molecule has 20 heavy (non-hydrogen) atoms. The molecule has 0 saturated heterocycles. The van der Waals surface area contributed by atoms with Crippen LogP contribution in [0.1, 0.15) is 11.1 Å². The maximum Gasteiger partial charge on any atom is 0.167 e. The zero-order valence-corrected chi connectivity index (χ0v) is 11.2. The van der Waals surface area contributed by atoms with Gasteiger partial charge in [0.25, 0.3) is 0 Å². The van der Waals surface area contributed by atoms with Crippen LogP contribution < -0.4 is 15.2 Å². The van der Waals surface area contributed by atoms with Gasteiger partial charge in [-0.1, -0.05) is 6.07 Å². The minimum atomic E-state index is -0.540. The van der Waals surface area contributed by atoms with Gasteiger partial charge in [-0.25, -0.2) is 8.78 Å². The van der Waals surface area contributed by atoms with E-state index >= 15 is 0 Å². The molecule has 3 nitrogen and oxygen atoms in total. The van der Waals surface area contributed by atoms with Gasteiger partial charge >= 0.3 is 0 Å². The molecule has 0 saturated carbocycles. The number of rotatable bonds is 4. The van der Waals surface area contributed by atoms with Crippen LogP contribution in [0.25, 0.3) is 0 Å². The minimum Gasteiger partial charge on any atom is -0.494 e. The predicted molar refractivity (Wildman–Crippen MR) is 72.8 cm³/mol. The molecule has 106 valence electrons. The van der Waals surface area contributed by atoms with Gasteiger partial charge in [0.2, 0.25) is 0 Å². The molecule has 0 aliphatic heterocycles. The second-order valence-electron chi connectivity index (χ2n) is 4.40. The Hall–Kier alpha value is -2.30. The third-order valence-corrected chi connectivity index (χ3v) is 2.93. The van der Waals surface area contributed by atoms with Crippen LogP contribution in [-0.4, -0.2) is 7.11 Å². The van der Waals surface area contributed by atoms with E-state index in [1.165, 1.54) is 31.4 Å². The molecule has 2 aromatic rings. The minimum absolute atomic E-state index is 0.0567. The largest absolute Gasteiger partial charge is 0.494 e. The van der Waals surface area contributed by atoms with Crippen molar-refractivity contribution >= 4 is 5.69 Å². The van der Waals surface area contributed by atoms with E-state index in [1.54, 1.807) is 13.0 Å². The van der Waals surface area contributed by atoms with Gasteiger partial charge in [0, 0.05) is 11.8 Å². The van der Waals surface area contributed by atoms with Gasteiger partial charge < -0.3 is 15.2 Å². The van der Waals surface area contributed by atoms with Crippen LogP contribution in [0.15, 0.2) is 30.3 Å². The van der Waals surface area contributed by atoms with Gasteiger partial charge in [-0.2, -0.15) is 0 Å². The summed E-state index contributed by atoms with van der Waals surface area (Å²) in [4.78, 5) is 0. The lowest BCUT2D eigenvalue weighted by atomic mass is 10.2. The first-order valence-corrected chi connectivity index (χ1v) is 6.02. The number of benzene rings is 2. The van der Waals surface area contributed by atoms with E-state index in [-0.39, 0.29) is 18.1 Å². The zero-order valence-electron chi connectivity index (χ0n) is 11.2. The van der Waals surface area contributed by atoms with Crippen molar-refractivity contribution in [2.45, 2.75) is 13.5 Å². The SMILES string of the molecule is COc1ccc(COc2cc(C)c(N)cc2F)cc1F. The van der Waals surface area contributed by atoms with Crippen molar-refractivity contribution in [3.8, 4) is 11.5 Å². The summed E-state index contributed by atoms with van der Waals surface area (Å²) in [5.41, 5.74) is 7.26. The summed E-state index contributed by atoms with van der Waals surface area (Å²) < 4.78 is 37.3. The fraction of sp³-hybridized carbons (Fsp3) is 0.200. The molecule has 0 unspecified atom stereocenters. The number of halogens is 2. The van der Waals surface area contributed by atoms with Crippen LogP contribution in [0.2, 0.25) is 0 Å². The van der Waals surface area contributed by atoms with Crippen LogP contribution in [0, 0.1) is 18.6 Å². The molecule has 5 heteroatoms. The first kappa shape index (κ1) is 14.1. The highest BCUT2D eigenvalue weighted by molar-refractivity contribution is 5.50. The van der Waals surface area contributed by atoms with Crippen LogP contribution in [0.4, 0.5) is 14.5 Å². The van der Waals surface area contributed by atoms with Crippen molar-refractivity contribution in [1.82, 2.24) is 0 Å². The molecule has 2 N–H and O–H groups in total. The lowest BCUT2D eigenvalue weighted by molar-refractivity contribution is 0.289. The highest BCUT2D eigenvalue weighted by Crippen LogP contribution is 2.25. The van der Waals surface area contributed by atoms with Gasteiger partial charge in [0.15, 0.2) is 23.1 Å². The molecule has 2 rings (SSSR count). The van der Waals surface area contributed by atoms with E-state index in [4.69, 9.17) is 15.2 Å². The summed E-state index contributed by atoms with van der Waals surface area (Å²) in [5, 5.41) is 0. The molecule has 0 amide bonds. The lowest BCUT2D eigenvalue weighted by Gasteiger charge is -2.10. The van der Waals surface area contributed by atoms with Crippen LogP contribution >= 0.6 is 0 Å². The summed E-state index contributed by atoms with van der Waals surface area (Å²) in [6.45, 7) is 1.82. The average Bonchev–Trinajstić information content (AvgIpc) is 2.41. The summed E-state index contributed by atoms with van der Waals surface area (Å²) in [6, 6.07) is 7.17. The average molecular weight is 279 g/mol. The highest BCUT2D eigenvalue weighted by atomic mass is 19.1. The van der Waals surface area contributed by atoms with Gasteiger partial charge in [-0.05, 0) is 36.2 Å². The molecule has 0 fully saturated rings. The van der Waals surface area contributed by atoms with Crippen molar-refractivity contribution < 1.29 is 18.3 Å². The lowest BCUT2D eigenvalue weighted by Crippen LogP contribution is -2.00. The molecule has 0 aliphatic carbocycles. The fourth-order valence-electron chi connectivity index (χ4n) is 1.74. The fourth-order valence-corrected chi connectivity index (χ4v) is 1.74. The summed E-state index contributed by atoms with van der Waals surface area (Å²) in [6.07, 6.45) is 0. The Labute approximate surface area is 115 Å². The van der Waals surface area contributed by atoms with Crippen molar-refractivity contribution in [1.29, 1.82) is 0 Å².